The molecule has 0 aliphatic rings. The zero-order valence-corrected chi connectivity index (χ0v) is 19.3. The van der Waals surface area contributed by atoms with Crippen LogP contribution < -0.4 is 0 Å². The van der Waals surface area contributed by atoms with Crippen LogP contribution in [0.5, 0.6) is 0 Å². The molecule has 1 unspecified atom stereocenters. The Labute approximate surface area is 168 Å². The fourth-order valence-electron chi connectivity index (χ4n) is 4.29. The van der Waals surface area contributed by atoms with E-state index in [2.05, 4.69) is 112 Å². The van der Waals surface area contributed by atoms with Crippen LogP contribution in [0.2, 0.25) is 0 Å². The molecule has 2 aromatic carbocycles. The smallest absolute Gasteiger partial charge is 0.0126 e. The van der Waals surface area contributed by atoms with Gasteiger partial charge in [0.1, 0.15) is 0 Å². The van der Waals surface area contributed by atoms with Crippen molar-refractivity contribution >= 4 is 0 Å². The normalized spacial score (nSPS) is 14.3. The minimum Gasteiger partial charge on any atom is -0.0622 e. The average Bonchev–Trinajstić information content (AvgIpc) is 2.51. The van der Waals surface area contributed by atoms with E-state index in [4.69, 9.17) is 0 Å². The van der Waals surface area contributed by atoms with Crippen LogP contribution in [-0.2, 0) is 22.7 Å². The Morgan fingerprint density at radius 3 is 1.56 bits per heavy atom. The Morgan fingerprint density at radius 2 is 1.11 bits per heavy atom. The molecule has 0 spiro atoms. The van der Waals surface area contributed by atoms with Crippen LogP contribution in [0.3, 0.4) is 0 Å². The van der Waals surface area contributed by atoms with E-state index in [0.717, 1.165) is 6.42 Å². The Bertz CT molecular complexity index is 759. The van der Waals surface area contributed by atoms with E-state index >= 15 is 0 Å². The zero-order chi connectivity index (χ0) is 20.6. The van der Waals surface area contributed by atoms with Crippen molar-refractivity contribution in [3.63, 3.8) is 0 Å². The fraction of sp³-hybridized carbons (Fsp3) is 0.556. The van der Waals surface area contributed by atoms with Gasteiger partial charge in [-0.2, -0.15) is 0 Å². The van der Waals surface area contributed by atoms with Gasteiger partial charge in [-0.3, -0.25) is 0 Å². The Balaban J connectivity index is 2.77. The molecular formula is C27H40. The van der Waals surface area contributed by atoms with E-state index in [-0.39, 0.29) is 16.2 Å². The predicted octanol–water partition coefficient (Wildman–Crippen LogP) is 7.93. The molecule has 0 aromatic heterocycles. The molecule has 0 bridgehead atoms. The summed E-state index contributed by atoms with van der Waals surface area (Å²) in [4.78, 5) is 0. The maximum absolute atomic E-state index is 2.42. The topological polar surface area (TPSA) is 0 Å². The molecule has 2 rings (SSSR count). The van der Waals surface area contributed by atoms with Crippen LogP contribution in [0.25, 0.3) is 0 Å². The molecule has 0 aliphatic carbocycles. The van der Waals surface area contributed by atoms with Gasteiger partial charge in [-0.15, -0.1) is 0 Å². The second-order valence-electron chi connectivity index (χ2n) is 11.3. The summed E-state index contributed by atoms with van der Waals surface area (Å²) in [6.07, 6.45) is 1.08. The highest BCUT2D eigenvalue weighted by molar-refractivity contribution is 5.51. The molecule has 0 N–H and O–H groups in total. The highest BCUT2D eigenvalue weighted by Gasteiger charge is 2.33. The van der Waals surface area contributed by atoms with Gasteiger partial charge in [0, 0.05) is 0 Å². The number of rotatable bonds is 3. The van der Waals surface area contributed by atoms with Crippen molar-refractivity contribution in [3.8, 4) is 0 Å². The molecule has 0 nitrogen and oxygen atoms in total. The molecule has 0 heteroatoms. The van der Waals surface area contributed by atoms with Gasteiger partial charge >= 0.3 is 0 Å². The van der Waals surface area contributed by atoms with Crippen LogP contribution >= 0.6 is 0 Å². The summed E-state index contributed by atoms with van der Waals surface area (Å²) in [6.45, 7) is 23.6. The van der Waals surface area contributed by atoms with Crippen molar-refractivity contribution in [2.75, 3.05) is 0 Å². The third kappa shape index (κ3) is 5.03. The standard InChI is InChI=1S/C27H40/c1-19(18-20-14-12-11-13-15-20)23-21(25(2,3)4)16-17-22(26(5,6)7)24(23)27(8,9)10/h11-17,19H,18H2,1-10H3. The summed E-state index contributed by atoms with van der Waals surface area (Å²) >= 11 is 0. The summed E-state index contributed by atoms with van der Waals surface area (Å²) in [5, 5.41) is 0. The Morgan fingerprint density at radius 1 is 0.630 bits per heavy atom. The number of hydrogen-bond acceptors (Lipinski definition) is 0. The van der Waals surface area contributed by atoms with Gasteiger partial charge in [0.05, 0.1) is 0 Å². The van der Waals surface area contributed by atoms with Gasteiger partial charge in [0.25, 0.3) is 0 Å². The van der Waals surface area contributed by atoms with Gasteiger partial charge in [-0.25, -0.2) is 0 Å². The summed E-state index contributed by atoms with van der Waals surface area (Å²) in [7, 11) is 0. The van der Waals surface area contributed by atoms with E-state index in [1.807, 2.05) is 0 Å². The van der Waals surface area contributed by atoms with Crippen molar-refractivity contribution in [1.29, 1.82) is 0 Å². The van der Waals surface area contributed by atoms with Crippen molar-refractivity contribution in [2.45, 2.75) is 97.8 Å². The molecule has 0 heterocycles. The highest BCUT2D eigenvalue weighted by Crippen LogP contribution is 2.44. The first-order valence-electron chi connectivity index (χ1n) is 10.4. The van der Waals surface area contributed by atoms with E-state index in [0.29, 0.717) is 5.92 Å². The van der Waals surface area contributed by atoms with Gasteiger partial charge in [0.15, 0.2) is 0 Å². The second kappa shape index (κ2) is 7.46. The van der Waals surface area contributed by atoms with E-state index in [1.165, 1.54) is 16.7 Å². The lowest BCUT2D eigenvalue weighted by molar-refractivity contribution is 0.505. The lowest BCUT2D eigenvalue weighted by Gasteiger charge is -2.38. The minimum absolute atomic E-state index is 0.115. The van der Waals surface area contributed by atoms with Crippen LogP contribution in [0, 0.1) is 0 Å². The molecule has 0 amide bonds. The zero-order valence-electron chi connectivity index (χ0n) is 19.3. The Hall–Kier alpha value is -1.56. The molecule has 2 aromatic rings. The molecule has 0 saturated heterocycles. The van der Waals surface area contributed by atoms with Crippen LogP contribution in [0.4, 0.5) is 0 Å². The van der Waals surface area contributed by atoms with Crippen LogP contribution in [0.15, 0.2) is 42.5 Å². The maximum atomic E-state index is 2.42. The van der Waals surface area contributed by atoms with Crippen molar-refractivity contribution in [2.24, 2.45) is 0 Å². The lowest BCUT2D eigenvalue weighted by atomic mass is 9.67. The van der Waals surface area contributed by atoms with E-state index < -0.39 is 0 Å². The van der Waals surface area contributed by atoms with Crippen molar-refractivity contribution in [1.82, 2.24) is 0 Å². The van der Waals surface area contributed by atoms with E-state index in [1.54, 1.807) is 11.1 Å². The Kier molecular flexibility index (Phi) is 6.00. The van der Waals surface area contributed by atoms with Gasteiger partial charge in [-0.1, -0.05) is 112 Å². The first-order valence-corrected chi connectivity index (χ1v) is 10.4. The summed E-state index contributed by atoms with van der Waals surface area (Å²) in [6, 6.07) is 15.8. The third-order valence-electron chi connectivity index (χ3n) is 5.49. The van der Waals surface area contributed by atoms with Gasteiger partial charge < -0.3 is 0 Å². The van der Waals surface area contributed by atoms with Crippen LogP contribution in [0.1, 0.15) is 103 Å². The number of hydrogen-bond donors (Lipinski definition) is 0. The monoisotopic (exact) mass is 364 g/mol. The van der Waals surface area contributed by atoms with E-state index in [9.17, 15) is 0 Å². The predicted molar refractivity (Wildman–Crippen MR) is 121 cm³/mol. The highest BCUT2D eigenvalue weighted by atomic mass is 14.4. The molecule has 0 radical (unpaired) electrons. The quantitative estimate of drug-likeness (QED) is 0.518. The van der Waals surface area contributed by atoms with Crippen LogP contribution in [-0.4, -0.2) is 0 Å². The number of benzene rings is 2. The fourth-order valence-corrected chi connectivity index (χ4v) is 4.29. The molecule has 27 heavy (non-hydrogen) atoms. The lowest BCUT2D eigenvalue weighted by Crippen LogP contribution is -2.28. The SMILES string of the molecule is CC(Cc1ccccc1)c1c(C(C)(C)C)ccc(C(C)(C)C)c1C(C)(C)C. The first-order chi connectivity index (χ1) is 12.2. The molecule has 0 fully saturated rings. The molecule has 0 saturated carbocycles. The summed E-state index contributed by atoms with van der Waals surface area (Å²) in [5.41, 5.74) is 7.95. The largest absolute Gasteiger partial charge is 0.0622 e. The average molecular weight is 365 g/mol. The third-order valence-corrected chi connectivity index (χ3v) is 5.49. The second-order valence-corrected chi connectivity index (χ2v) is 11.3. The van der Waals surface area contributed by atoms with Gasteiger partial charge in [-0.05, 0) is 56.4 Å². The summed E-state index contributed by atoms with van der Waals surface area (Å²) < 4.78 is 0. The minimum atomic E-state index is 0.115. The van der Waals surface area contributed by atoms with Gasteiger partial charge in [0.2, 0.25) is 0 Å². The first kappa shape index (κ1) is 21.7. The molecular weight excluding hydrogens is 324 g/mol. The molecule has 148 valence electrons. The van der Waals surface area contributed by atoms with Crippen molar-refractivity contribution in [3.05, 3.63) is 70.3 Å². The molecule has 1 atom stereocenters. The molecule has 0 aliphatic heterocycles. The summed E-state index contributed by atoms with van der Waals surface area (Å²) in [5.74, 6) is 0.484. The van der Waals surface area contributed by atoms with Crippen molar-refractivity contribution < 1.29 is 0 Å². The maximum Gasteiger partial charge on any atom is -0.0126 e.